The number of aliphatic imine (C=N–C) groups is 1. The summed E-state index contributed by atoms with van der Waals surface area (Å²) >= 11 is 0. The zero-order valence-corrected chi connectivity index (χ0v) is 21.6. The van der Waals surface area contributed by atoms with E-state index in [1.807, 2.05) is 36.1 Å². The highest BCUT2D eigenvalue weighted by atomic mass is 127. The Bertz CT molecular complexity index is 994. The molecule has 0 unspecified atom stereocenters. The minimum Gasteiger partial charge on any atom is -0.357 e. The molecule has 0 bridgehead atoms. The highest BCUT2D eigenvalue weighted by Gasteiger charge is 2.41. The number of nitrogens with zero attached hydrogens (tertiary/aromatic N) is 3. The Morgan fingerprint density at radius 3 is 2.60 bits per heavy atom. The predicted octanol–water partition coefficient (Wildman–Crippen LogP) is 1.47. The third-order valence-corrected chi connectivity index (χ3v) is 9.75. The molecular formula is C19H31IN4O4S2. The summed E-state index contributed by atoms with van der Waals surface area (Å²) in [6.07, 6.45) is 0.721. The number of sulfonamides is 1. The molecule has 2 heterocycles. The smallest absolute Gasteiger partial charge is 0.237 e. The van der Waals surface area contributed by atoms with E-state index in [4.69, 9.17) is 0 Å². The second kappa shape index (κ2) is 9.60. The van der Waals surface area contributed by atoms with Crippen molar-refractivity contribution in [3.05, 3.63) is 29.8 Å². The quantitative estimate of drug-likeness (QED) is 0.327. The molecule has 1 saturated heterocycles. The van der Waals surface area contributed by atoms with Crippen molar-refractivity contribution in [3.8, 4) is 0 Å². The van der Waals surface area contributed by atoms with Gasteiger partial charge in [-0.3, -0.25) is 9.30 Å². The summed E-state index contributed by atoms with van der Waals surface area (Å²) in [6.45, 7) is 7.24. The monoisotopic (exact) mass is 570 g/mol. The Balaban J connectivity index is 0.00000320. The van der Waals surface area contributed by atoms with Crippen molar-refractivity contribution in [2.75, 3.05) is 48.5 Å². The Labute approximate surface area is 197 Å². The standard InChI is InChI=1S/C19H30N4O4S2.HI/c1-4-20-18(22-12-14-28(24,25)19(2,3)15-22)21-10-13-29(26,27)23-11-9-16-7-5-6-8-17(16)23;/h5-8H,4,9-15H2,1-3H3,(H,20,21);1H. The molecule has 1 aromatic carbocycles. The van der Waals surface area contributed by atoms with Crippen molar-refractivity contribution in [2.24, 2.45) is 4.99 Å². The molecule has 0 spiro atoms. The summed E-state index contributed by atoms with van der Waals surface area (Å²) in [6, 6.07) is 7.56. The zero-order valence-electron chi connectivity index (χ0n) is 17.7. The summed E-state index contributed by atoms with van der Waals surface area (Å²) in [5.41, 5.74) is 1.80. The lowest BCUT2D eigenvalue weighted by Gasteiger charge is -2.39. The summed E-state index contributed by atoms with van der Waals surface area (Å²) in [4.78, 5) is 6.40. The molecule has 2 aliphatic rings. The van der Waals surface area contributed by atoms with Gasteiger partial charge in [0.15, 0.2) is 15.8 Å². The van der Waals surface area contributed by atoms with E-state index in [9.17, 15) is 16.8 Å². The van der Waals surface area contributed by atoms with Crippen LogP contribution in [-0.2, 0) is 26.3 Å². The van der Waals surface area contributed by atoms with Gasteiger partial charge in [-0.2, -0.15) is 0 Å². The lowest BCUT2D eigenvalue weighted by Crippen LogP contribution is -2.57. The Morgan fingerprint density at radius 1 is 1.23 bits per heavy atom. The number of nitrogens with one attached hydrogen (secondary N) is 1. The number of guanidine groups is 1. The highest BCUT2D eigenvalue weighted by molar-refractivity contribution is 14.0. The van der Waals surface area contributed by atoms with Gasteiger partial charge >= 0.3 is 0 Å². The van der Waals surface area contributed by atoms with E-state index in [2.05, 4.69) is 10.3 Å². The maximum absolute atomic E-state index is 12.8. The number of halogens is 1. The lowest BCUT2D eigenvalue weighted by molar-refractivity contribution is 0.353. The van der Waals surface area contributed by atoms with Crippen molar-refractivity contribution < 1.29 is 16.8 Å². The number of hydrogen-bond donors (Lipinski definition) is 1. The van der Waals surface area contributed by atoms with Crippen LogP contribution in [0.2, 0.25) is 0 Å². The van der Waals surface area contributed by atoms with Crippen LogP contribution in [0, 0.1) is 0 Å². The van der Waals surface area contributed by atoms with E-state index in [0.717, 1.165) is 17.7 Å². The summed E-state index contributed by atoms with van der Waals surface area (Å²) in [7, 11) is -6.62. The topological polar surface area (TPSA) is 99.2 Å². The highest BCUT2D eigenvalue weighted by Crippen LogP contribution is 2.30. The molecule has 1 aromatic rings. The Kier molecular flexibility index (Phi) is 8.05. The first-order chi connectivity index (χ1) is 13.6. The van der Waals surface area contributed by atoms with Crippen molar-refractivity contribution >= 4 is 55.5 Å². The fourth-order valence-electron chi connectivity index (χ4n) is 3.72. The first-order valence-electron chi connectivity index (χ1n) is 9.91. The van der Waals surface area contributed by atoms with Gasteiger partial charge < -0.3 is 10.2 Å². The molecule has 0 aromatic heterocycles. The SMILES string of the molecule is CCNC(=NCCS(=O)(=O)N1CCc2ccccc21)N1CCS(=O)(=O)C(C)(C)C1.I. The van der Waals surface area contributed by atoms with Gasteiger partial charge in [0, 0.05) is 26.2 Å². The molecule has 3 rings (SSSR count). The third kappa shape index (κ3) is 5.21. The molecule has 2 aliphatic heterocycles. The van der Waals surface area contributed by atoms with Crippen molar-refractivity contribution in [2.45, 2.75) is 31.9 Å². The summed E-state index contributed by atoms with van der Waals surface area (Å²) < 4.78 is 50.8. The van der Waals surface area contributed by atoms with Crippen LogP contribution in [0.15, 0.2) is 29.3 Å². The van der Waals surface area contributed by atoms with E-state index in [0.29, 0.717) is 32.1 Å². The molecule has 0 saturated carbocycles. The number of anilines is 1. The van der Waals surface area contributed by atoms with Crippen LogP contribution in [-0.4, -0.2) is 76.7 Å². The second-order valence-electron chi connectivity index (χ2n) is 8.00. The number of para-hydroxylation sites is 1. The molecule has 0 atom stereocenters. The van der Waals surface area contributed by atoms with Crippen LogP contribution >= 0.6 is 24.0 Å². The third-order valence-electron chi connectivity index (χ3n) is 5.47. The predicted molar refractivity (Wildman–Crippen MR) is 132 cm³/mol. The fourth-order valence-corrected chi connectivity index (χ4v) is 6.48. The molecule has 1 N–H and O–H groups in total. The van der Waals surface area contributed by atoms with Crippen LogP contribution in [0.1, 0.15) is 26.3 Å². The molecule has 30 heavy (non-hydrogen) atoms. The van der Waals surface area contributed by atoms with Gasteiger partial charge in [-0.05, 0) is 38.8 Å². The molecule has 0 aliphatic carbocycles. The minimum atomic E-state index is -3.47. The van der Waals surface area contributed by atoms with E-state index in [1.54, 1.807) is 13.8 Å². The van der Waals surface area contributed by atoms with Crippen molar-refractivity contribution in [3.63, 3.8) is 0 Å². The number of rotatable bonds is 5. The Hall–Kier alpha value is -1.08. The Morgan fingerprint density at radius 2 is 1.93 bits per heavy atom. The van der Waals surface area contributed by atoms with Crippen LogP contribution in [0.3, 0.4) is 0 Å². The van der Waals surface area contributed by atoms with E-state index in [1.165, 1.54) is 4.31 Å². The minimum absolute atomic E-state index is 0. The van der Waals surface area contributed by atoms with Gasteiger partial charge in [0.2, 0.25) is 10.0 Å². The maximum Gasteiger partial charge on any atom is 0.237 e. The van der Waals surface area contributed by atoms with Gasteiger partial charge in [0.05, 0.1) is 28.5 Å². The van der Waals surface area contributed by atoms with Crippen LogP contribution in [0.4, 0.5) is 5.69 Å². The first-order valence-corrected chi connectivity index (χ1v) is 13.2. The second-order valence-corrected chi connectivity index (χ2v) is 12.8. The molecule has 11 heteroatoms. The van der Waals surface area contributed by atoms with Gasteiger partial charge in [-0.25, -0.2) is 16.8 Å². The largest absolute Gasteiger partial charge is 0.357 e. The summed E-state index contributed by atoms with van der Waals surface area (Å²) in [5.74, 6) is 0.534. The van der Waals surface area contributed by atoms with E-state index < -0.39 is 24.6 Å². The van der Waals surface area contributed by atoms with E-state index in [-0.39, 0.29) is 42.0 Å². The normalized spacial score (nSPS) is 20.4. The average molecular weight is 571 g/mol. The maximum atomic E-state index is 12.8. The van der Waals surface area contributed by atoms with Crippen molar-refractivity contribution in [1.82, 2.24) is 10.2 Å². The molecular weight excluding hydrogens is 539 g/mol. The average Bonchev–Trinajstić information content (AvgIpc) is 3.08. The van der Waals surface area contributed by atoms with Gasteiger partial charge in [-0.15, -0.1) is 24.0 Å². The molecule has 0 amide bonds. The number of fused-ring (bicyclic) bond motifs is 1. The summed E-state index contributed by atoms with van der Waals surface area (Å²) in [5, 5.41) is 3.16. The number of benzene rings is 1. The van der Waals surface area contributed by atoms with Crippen LogP contribution in [0.25, 0.3) is 0 Å². The van der Waals surface area contributed by atoms with Crippen molar-refractivity contribution in [1.29, 1.82) is 0 Å². The lowest BCUT2D eigenvalue weighted by atomic mass is 10.2. The number of sulfone groups is 1. The first kappa shape index (κ1) is 25.2. The molecule has 0 radical (unpaired) electrons. The molecule has 170 valence electrons. The van der Waals surface area contributed by atoms with Gasteiger partial charge in [0.25, 0.3) is 0 Å². The fraction of sp³-hybridized carbons (Fsp3) is 0.632. The van der Waals surface area contributed by atoms with E-state index >= 15 is 0 Å². The zero-order chi connectivity index (χ0) is 21.3. The number of hydrogen-bond acceptors (Lipinski definition) is 5. The molecule has 8 nitrogen and oxygen atoms in total. The van der Waals surface area contributed by atoms with Crippen LogP contribution < -0.4 is 9.62 Å². The van der Waals surface area contributed by atoms with Gasteiger partial charge in [-0.1, -0.05) is 18.2 Å². The van der Waals surface area contributed by atoms with Gasteiger partial charge in [0.1, 0.15) is 0 Å². The van der Waals surface area contributed by atoms with Crippen LogP contribution in [0.5, 0.6) is 0 Å². The molecule has 1 fully saturated rings.